The van der Waals surface area contributed by atoms with Crippen molar-refractivity contribution < 1.29 is 19.8 Å². The minimum atomic E-state index is -1.19. The number of hydrogen-bond acceptors (Lipinski definition) is 4. The molecule has 4 nitrogen and oxygen atoms in total. The minimum Gasteiger partial charge on any atom is -0.422 e. The van der Waals surface area contributed by atoms with E-state index in [1.54, 1.807) is 24.3 Å². The van der Waals surface area contributed by atoms with Crippen molar-refractivity contribution in [1.82, 2.24) is 0 Å². The Hall–Kier alpha value is -0.585. The molecule has 2 N–H and O–H groups in total. The first-order chi connectivity index (χ1) is 6.74. The van der Waals surface area contributed by atoms with E-state index in [9.17, 15) is 5.02 Å². The van der Waals surface area contributed by atoms with E-state index in [-0.39, 0.29) is 13.2 Å². The molecule has 1 aromatic carbocycles. The normalized spacial score (nSPS) is 10.2. The summed E-state index contributed by atoms with van der Waals surface area (Å²) in [5, 5.41) is 18.3. The summed E-state index contributed by atoms with van der Waals surface area (Å²) in [4.78, 5) is 9.06. The van der Waals surface area contributed by atoms with Crippen molar-refractivity contribution in [3.8, 4) is 0 Å². The largest absolute Gasteiger partial charge is 0.523 e. The molecule has 0 atom stereocenters. The minimum absolute atomic E-state index is 0.0115. The molecule has 0 spiro atoms. The SMILES string of the molecule is OCCOOB(O)c1cccc(Cl)c1. The highest BCUT2D eigenvalue weighted by Gasteiger charge is 2.17. The van der Waals surface area contributed by atoms with Gasteiger partial charge in [-0.3, -0.25) is 4.81 Å². The number of aliphatic hydroxyl groups is 1. The van der Waals surface area contributed by atoms with E-state index in [1.807, 2.05) is 0 Å². The van der Waals surface area contributed by atoms with Crippen LogP contribution in [0.1, 0.15) is 0 Å². The van der Waals surface area contributed by atoms with Crippen LogP contribution in [0.4, 0.5) is 0 Å². The second kappa shape index (κ2) is 6.00. The third-order valence-corrected chi connectivity index (χ3v) is 1.70. The maximum absolute atomic E-state index is 9.38. The Morgan fingerprint density at radius 3 is 2.86 bits per heavy atom. The summed E-state index contributed by atoms with van der Waals surface area (Å²) in [6.07, 6.45) is 0. The molecule has 0 amide bonds. The molecule has 0 aliphatic rings. The summed E-state index contributed by atoms with van der Waals surface area (Å²) in [7, 11) is -1.19. The van der Waals surface area contributed by atoms with E-state index in [1.165, 1.54) is 0 Å². The molecule has 0 aliphatic heterocycles. The third-order valence-electron chi connectivity index (χ3n) is 1.47. The molecule has 1 rings (SSSR count). The van der Waals surface area contributed by atoms with E-state index < -0.39 is 7.12 Å². The summed E-state index contributed by atoms with van der Waals surface area (Å²) in [6.45, 7) is -0.153. The molecule has 0 saturated heterocycles. The fourth-order valence-electron chi connectivity index (χ4n) is 0.866. The predicted molar refractivity (Wildman–Crippen MR) is 53.2 cm³/mol. The van der Waals surface area contributed by atoms with Crippen molar-refractivity contribution in [3.63, 3.8) is 0 Å². The quantitative estimate of drug-likeness (QED) is 0.314. The summed E-state index contributed by atoms with van der Waals surface area (Å²) in [6, 6.07) is 6.59. The van der Waals surface area contributed by atoms with Gasteiger partial charge in [0, 0.05) is 5.02 Å². The van der Waals surface area contributed by atoms with E-state index in [0.717, 1.165) is 0 Å². The number of halogens is 1. The second-order valence-corrected chi connectivity index (χ2v) is 2.99. The second-order valence-electron chi connectivity index (χ2n) is 2.55. The van der Waals surface area contributed by atoms with Crippen LogP contribution in [0.15, 0.2) is 24.3 Å². The fourth-order valence-corrected chi connectivity index (χ4v) is 1.06. The molecule has 0 aliphatic carbocycles. The number of hydrogen-bond donors (Lipinski definition) is 2. The standard InChI is InChI=1S/C8H10BClO4/c10-8-3-1-2-7(6-8)9(12)14-13-5-4-11/h1-3,6,11-12H,4-5H2. The predicted octanol–water partition coefficient (Wildman–Crippen LogP) is -0.0320. The van der Waals surface area contributed by atoms with Crippen molar-refractivity contribution in [2.75, 3.05) is 13.2 Å². The lowest BCUT2D eigenvalue weighted by Gasteiger charge is -2.06. The van der Waals surface area contributed by atoms with Crippen LogP contribution in [-0.2, 0) is 9.69 Å². The number of aliphatic hydroxyl groups excluding tert-OH is 1. The van der Waals surface area contributed by atoms with Gasteiger partial charge in [-0.05, 0) is 17.6 Å². The highest BCUT2D eigenvalue weighted by atomic mass is 35.5. The van der Waals surface area contributed by atoms with Crippen LogP contribution < -0.4 is 5.46 Å². The zero-order valence-electron chi connectivity index (χ0n) is 7.39. The van der Waals surface area contributed by atoms with Gasteiger partial charge in [0.15, 0.2) is 0 Å². The van der Waals surface area contributed by atoms with Gasteiger partial charge >= 0.3 is 7.12 Å². The monoisotopic (exact) mass is 216 g/mol. The van der Waals surface area contributed by atoms with Crippen molar-refractivity contribution in [2.24, 2.45) is 0 Å². The van der Waals surface area contributed by atoms with Crippen LogP contribution in [0.2, 0.25) is 5.02 Å². The summed E-state index contributed by atoms with van der Waals surface area (Å²) in [5.41, 5.74) is 0.496. The lowest BCUT2D eigenvalue weighted by Crippen LogP contribution is -2.33. The molecule has 14 heavy (non-hydrogen) atoms. The van der Waals surface area contributed by atoms with Crippen LogP contribution in [0.25, 0.3) is 0 Å². The molecule has 6 heteroatoms. The highest BCUT2D eigenvalue weighted by Crippen LogP contribution is 2.04. The van der Waals surface area contributed by atoms with Crippen LogP contribution in [0, 0.1) is 0 Å². The zero-order valence-corrected chi connectivity index (χ0v) is 8.15. The van der Waals surface area contributed by atoms with Crippen molar-refractivity contribution in [2.45, 2.75) is 0 Å². The van der Waals surface area contributed by atoms with Gasteiger partial charge in [-0.1, -0.05) is 23.7 Å². The van der Waals surface area contributed by atoms with Gasteiger partial charge < -0.3 is 10.1 Å². The summed E-state index contributed by atoms with van der Waals surface area (Å²) < 4.78 is 0. The lowest BCUT2D eigenvalue weighted by molar-refractivity contribution is -0.225. The van der Waals surface area contributed by atoms with Gasteiger partial charge in [0.1, 0.15) is 6.61 Å². The van der Waals surface area contributed by atoms with E-state index >= 15 is 0 Å². The Labute approximate surface area is 87.1 Å². The molecule has 0 heterocycles. The van der Waals surface area contributed by atoms with Gasteiger partial charge in [0.05, 0.1) is 6.61 Å². The third kappa shape index (κ3) is 3.65. The maximum Gasteiger partial charge on any atom is 0.523 e. The summed E-state index contributed by atoms with van der Waals surface area (Å²) in [5.74, 6) is 0. The van der Waals surface area contributed by atoms with Gasteiger partial charge in [-0.2, -0.15) is 0 Å². The smallest absolute Gasteiger partial charge is 0.422 e. The molecule has 76 valence electrons. The molecule has 1 aromatic rings. The van der Waals surface area contributed by atoms with Gasteiger partial charge in [-0.25, -0.2) is 4.89 Å². The Morgan fingerprint density at radius 1 is 1.43 bits per heavy atom. The first-order valence-electron chi connectivity index (χ1n) is 4.06. The first kappa shape index (κ1) is 11.5. The van der Waals surface area contributed by atoms with Gasteiger partial charge in [-0.15, -0.1) is 0 Å². The van der Waals surface area contributed by atoms with Crippen molar-refractivity contribution in [1.29, 1.82) is 0 Å². The number of benzene rings is 1. The summed E-state index contributed by atoms with van der Waals surface area (Å²) >= 11 is 5.70. The van der Waals surface area contributed by atoms with Gasteiger partial charge in [0.25, 0.3) is 0 Å². The average molecular weight is 216 g/mol. The fraction of sp³-hybridized carbons (Fsp3) is 0.250. The van der Waals surface area contributed by atoms with Gasteiger partial charge in [0.2, 0.25) is 0 Å². The number of rotatable bonds is 5. The molecule has 0 unspecified atom stereocenters. The van der Waals surface area contributed by atoms with Crippen LogP contribution in [0.3, 0.4) is 0 Å². The Kier molecular flexibility index (Phi) is 4.93. The van der Waals surface area contributed by atoms with E-state index in [4.69, 9.17) is 16.7 Å². The molecule has 0 saturated carbocycles. The Morgan fingerprint density at radius 2 is 2.21 bits per heavy atom. The Bertz CT molecular complexity index is 284. The molecular weight excluding hydrogens is 206 g/mol. The average Bonchev–Trinajstić information content (AvgIpc) is 2.18. The molecule has 0 aromatic heterocycles. The zero-order chi connectivity index (χ0) is 10.4. The van der Waals surface area contributed by atoms with E-state index in [2.05, 4.69) is 9.69 Å². The van der Waals surface area contributed by atoms with E-state index in [0.29, 0.717) is 10.5 Å². The van der Waals surface area contributed by atoms with Crippen molar-refractivity contribution >= 4 is 24.2 Å². The van der Waals surface area contributed by atoms with Crippen molar-refractivity contribution in [3.05, 3.63) is 29.3 Å². The molecular formula is C8H10BClO4. The maximum atomic E-state index is 9.38. The molecule has 0 radical (unpaired) electrons. The topological polar surface area (TPSA) is 58.9 Å². The Balaban J connectivity index is 2.47. The molecule has 0 bridgehead atoms. The molecule has 0 fully saturated rings. The van der Waals surface area contributed by atoms with Crippen LogP contribution in [-0.4, -0.2) is 30.5 Å². The highest BCUT2D eigenvalue weighted by molar-refractivity contribution is 6.60. The van der Waals surface area contributed by atoms with Crippen LogP contribution >= 0.6 is 11.6 Å². The lowest BCUT2D eigenvalue weighted by atomic mass is 9.80. The first-order valence-corrected chi connectivity index (χ1v) is 4.44. The van der Waals surface area contributed by atoms with Crippen LogP contribution in [0.5, 0.6) is 0 Å².